The summed E-state index contributed by atoms with van der Waals surface area (Å²) in [4.78, 5) is 30.7. The first-order valence-electron chi connectivity index (χ1n) is 17.3. The highest BCUT2D eigenvalue weighted by Gasteiger charge is 2.21. The van der Waals surface area contributed by atoms with Gasteiger partial charge in [-0.2, -0.15) is 0 Å². The third kappa shape index (κ3) is 6.87. The van der Waals surface area contributed by atoms with Crippen LogP contribution in [0.1, 0.15) is 61.8 Å². The Kier molecular flexibility index (Phi) is 9.06. The molecule has 0 fully saturated rings. The predicted octanol–water partition coefficient (Wildman–Crippen LogP) is 10.3. The number of aromatic nitrogens is 6. The van der Waals surface area contributed by atoms with Gasteiger partial charge in [0.2, 0.25) is 0 Å². The third-order valence-corrected chi connectivity index (χ3v) is 8.90. The van der Waals surface area contributed by atoms with Gasteiger partial charge in [-0.1, -0.05) is 134 Å². The highest BCUT2D eigenvalue weighted by atomic mass is 15.1. The zero-order chi connectivity index (χ0) is 33.5. The lowest BCUT2D eigenvalue weighted by Gasteiger charge is -2.15. The Morgan fingerprint density at radius 1 is 0.360 bits per heavy atom. The summed E-state index contributed by atoms with van der Waals surface area (Å²) in [7, 11) is 0. The second kappa shape index (κ2) is 14.5. The highest BCUT2D eigenvalue weighted by molar-refractivity contribution is 5.85. The molecule has 0 spiro atoms. The summed E-state index contributed by atoms with van der Waals surface area (Å²) in [5.74, 6) is 3.72. The van der Waals surface area contributed by atoms with Gasteiger partial charge in [-0.25, -0.2) is 29.9 Å². The van der Waals surface area contributed by atoms with Crippen molar-refractivity contribution in [3.05, 3.63) is 169 Å². The van der Waals surface area contributed by atoms with Crippen molar-refractivity contribution in [2.45, 2.75) is 38.5 Å². The Balaban J connectivity index is 1.37. The Morgan fingerprint density at radius 2 is 0.860 bits per heavy atom. The van der Waals surface area contributed by atoms with Crippen LogP contribution in [-0.4, -0.2) is 29.9 Å². The van der Waals surface area contributed by atoms with Crippen molar-refractivity contribution >= 4 is 22.3 Å². The molecule has 0 radical (unpaired) electrons. The summed E-state index contributed by atoms with van der Waals surface area (Å²) in [6.07, 6.45) is 39.4. The van der Waals surface area contributed by atoms with Gasteiger partial charge in [0.1, 0.15) is 0 Å². The Labute approximate surface area is 292 Å². The molecule has 0 bridgehead atoms. The van der Waals surface area contributed by atoms with E-state index in [4.69, 9.17) is 29.9 Å². The van der Waals surface area contributed by atoms with Gasteiger partial charge in [0, 0.05) is 33.4 Å². The molecule has 0 aliphatic heterocycles. The van der Waals surface area contributed by atoms with Crippen molar-refractivity contribution in [3.63, 3.8) is 0 Å². The maximum atomic E-state index is 5.18. The number of nitrogens with zero attached hydrogens (tertiary/aromatic N) is 6. The second-order valence-corrected chi connectivity index (χ2v) is 12.4. The van der Waals surface area contributed by atoms with Crippen LogP contribution in [0.5, 0.6) is 0 Å². The maximum Gasteiger partial charge on any atom is 0.164 e. The quantitative estimate of drug-likeness (QED) is 0.198. The molecule has 4 aliphatic carbocycles. The SMILES string of the molecule is C1=CCC=C(c2nc(C3=CCCC=C3)nc(-c3ccc(-c4ccccc4)cc3-c3nc(C4=CCC=CC=C4)nc(C4=CCCC=C4)n3)n2)C=C1. The van der Waals surface area contributed by atoms with Crippen LogP contribution in [0, 0.1) is 0 Å². The van der Waals surface area contributed by atoms with Crippen molar-refractivity contribution in [1.82, 2.24) is 29.9 Å². The van der Waals surface area contributed by atoms with Crippen molar-refractivity contribution < 1.29 is 0 Å². The van der Waals surface area contributed by atoms with Crippen LogP contribution in [-0.2, 0) is 0 Å². The van der Waals surface area contributed by atoms with E-state index in [1.165, 1.54) is 0 Å². The molecule has 4 aliphatic rings. The van der Waals surface area contributed by atoms with E-state index in [1.54, 1.807) is 0 Å². The van der Waals surface area contributed by atoms with Gasteiger partial charge in [0.15, 0.2) is 34.9 Å². The van der Waals surface area contributed by atoms with Crippen LogP contribution >= 0.6 is 0 Å². The van der Waals surface area contributed by atoms with E-state index in [-0.39, 0.29) is 0 Å². The Morgan fingerprint density at radius 3 is 1.38 bits per heavy atom. The lowest BCUT2D eigenvalue weighted by Crippen LogP contribution is -2.08. The summed E-state index contributed by atoms with van der Waals surface area (Å²) >= 11 is 0. The lowest BCUT2D eigenvalue weighted by atomic mass is 9.97. The fourth-order valence-corrected chi connectivity index (χ4v) is 6.29. The minimum atomic E-state index is 0.572. The van der Waals surface area contributed by atoms with Crippen LogP contribution in [0.3, 0.4) is 0 Å². The van der Waals surface area contributed by atoms with E-state index in [1.807, 2.05) is 18.2 Å². The minimum absolute atomic E-state index is 0.572. The van der Waals surface area contributed by atoms with E-state index in [2.05, 4.69) is 128 Å². The molecule has 2 aromatic heterocycles. The third-order valence-electron chi connectivity index (χ3n) is 8.90. The first-order chi connectivity index (χ1) is 24.8. The molecule has 6 nitrogen and oxygen atoms in total. The summed E-state index contributed by atoms with van der Waals surface area (Å²) in [5.41, 5.74) is 7.73. The molecular weight excluding hydrogens is 613 g/mol. The van der Waals surface area contributed by atoms with Crippen molar-refractivity contribution in [3.8, 4) is 33.9 Å². The van der Waals surface area contributed by atoms with Crippen LogP contribution in [0.25, 0.3) is 56.2 Å². The summed E-state index contributed by atoms with van der Waals surface area (Å²) < 4.78 is 0. The van der Waals surface area contributed by atoms with Gasteiger partial charge in [0.05, 0.1) is 0 Å². The van der Waals surface area contributed by atoms with Crippen LogP contribution < -0.4 is 0 Å². The molecule has 4 aromatic rings. The van der Waals surface area contributed by atoms with Crippen LogP contribution in [0.4, 0.5) is 0 Å². The average Bonchev–Trinajstić information content (AvgIpc) is 3.65. The molecule has 0 saturated heterocycles. The van der Waals surface area contributed by atoms with Gasteiger partial charge in [-0.15, -0.1) is 0 Å². The average molecular weight is 649 g/mol. The van der Waals surface area contributed by atoms with Crippen molar-refractivity contribution in [2.24, 2.45) is 0 Å². The molecule has 0 amide bonds. The Hall–Kier alpha value is -6.14. The molecule has 2 heterocycles. The van der Waals surface area contributed by atoms with E-state index >= 15 is 0 Å². The largest absolute Gasteiger partial charge is 0.208 e. The van der Waals surface area contributed by atoms with E-state index in [0.29, 0.717) is 34.9 Å². The van der Waals surface area contributed by atoms with Crippen molar-refractivity contribution in [1.29, 1.82) is 0 Å². The van der Waals surface area contributed by atoms with Crippen molar-refractivity contribution in [2.75, 3.05) is 0 Å². The first kappa shape index (κ1) is 31.1. The van der Waals surface area contributed by atoms with E-state index in [9.17, 15) is 0 Å². The summed E-state index contributed by atoms with van der Waals surface area (Å²) in [5, 5.41) is 0. The smallest absolute Gasteiger partial charge is 0.164 e. The summed E-state index contributed by atoms with van der Waals surface area (Å²) in [6.45, 7) is 0. The molecule has 8 rings (SSSR count). The minimum Gasteiger partial charge on any atom is -0.208 e. The standard InChI is InChI=1S/C44H36N6/c1-2-9-21-32(20-8-1)39-45-40(34-24-14-6-15-25-34)48-43(47-39)37-29-28-36(31-18-12-5-13-19-31)30-38(37)44-49-41(33-22-10-3-4-11-23-33)46-42(50-44)35-26-16-7-17-27-35/h1-5,8,10,12-14,16,18-30H,6-7,9,11,15,17H2. The fraction of sp³-hybridized carbons (Fsp3) is 0.136. The summed E-state index contributed by atoms with van der Waals surface area (Å²) in [6, 6.07) is 16.8. The molecule has 50 heavy (non-hydrogen) atoms. The molecule has 0 N–H and O–H groups in total. The topological polar surface area (TPSA) is 77.3 Å². The van der Waals surface area contributed by atoms with Gasteiger partial charge in [-0.3, -0.25) is 0 Å². The fourth-order valence-electron chi connectivity index (χ4n) is 6.29. The molecule has 0 unspecified atom stereocenters. The van der Waals surface area contributed by atoms with Gasteiger partial charge in [-0.05, 0) is 61.8 Å². The molecule has 0 saturated carbocycles. The van der Waals surface area contributed by atoms with E-state index in [0.717, 1.165) is 83.1 Å². The number of rotatable bonds is 7. The molecule has 242 valence electrons. The number of benzene rings is 2. The zero-order valence-corrected chi connectivity index (χ0v) is 27.8. The highest BCUT2D eigenvalue weighted by Crippen LogP contribution is 2.36. The number of hydrogen-bond acceptors (Lipinski definition) is 6. The van der Waals surface area contributed by atoms with Crippen LogP contribution in [0.15, 0.2) is 146 Å². The molecule has 6 heteroatoms. The molecule has 2 aromatic carbocycles. The van der Waals surface area contributed by atoms with Crippen LogP contribution in [0.2, 0.25) is 0 Å². The maximum absolute atomic E-state index is 5.18. The molecule has 0 atom stereocenters. The predicted molar refractivity (Wildman–Crippen MR) is 204 cm³/mol. The molecular formula is C44H36N6. The number of hydrogen-bond donors (Lipinski definition) is 0. The number of allylic oxidation sites excluding steroid dienone is 20. The second-order valence-electron chi connectivity index (χ2n) is 12.4. The Bertz CT molecular complexity index is 2260. The lowest BCUT2D eigenvalue weighted by molar-refractivity contribution is 0.976. The van der Waals surface area contributed by atoms with Gasteiger partial charge in [0.25, 0.3) is 0 Å². The monoisotopic (exact) mass is 648 g/mol. The normalized spacial score (nSPS) is 16.7. The van der Waals surface area contributed by atoms with Gasteiger partial charge < -0.3 is 0 Å². The first-order valence-corrected chi connectivity index (χ1v) is 17.3. The van der Waals surface area contributed by atoms with Gasteiger partial charge >= 0.3 is 0 Å². The van der Waals surface area contributed by atoms with E-state index < -0.39 is 0 Å². The zero-order valence-electron chi connectivity index (χ0n) is 27.8.